The van der Waals surface area contributed by atoms with Crippen LogP contribution in [0.2, 0.25) is 0 Å². The molecule has 0 amide bonds. The Morgan fingerprint density at radius 3 is 1.71 bits per heavy atom. The summed E-state index contributed by atoms with van der Waals surface area (Å²) in [4.78, 5) is 10.7. The predicted molar refractivity (Wildman–Crippen MR) is 244 cm³/mol. The fraction of sp³-hybridized carbons (Fsp3) is 0. The second-order valence-corrected chi connectivity index (χ2v) is 15.3. The molecule has 58 heavy (non-hydrogen) atoms. The van der Waals surface area contributed by atoms with Crippen molar-refractivity contribution in [2.45, 2.75) is 0 Å². The SMILES string of the molecule is c1ccc(-c2ccccc2-c2cc(-c3ccc4c(c3)-c3cccc5cccc-4c35)nc(-c3ccc(-c4c5ccccc5cc5c4ccc4ccccc45)cc3)n2)cc1. The lowest BCUT2D eigenvalue weighted by atomic mass is 9.89. The van der Waals surface area contributed by atoms with Crippen molar-refractivity contribution in [3.05, 3.63) is 206 Å². The lowest BCUT2D eigenvalue weighted by Crippen LogP contribution is -1.97. The lowest BCUT2D eigenvalue weighted by molar-refractivity contribution is 1.18. The topological polar surface area (TPSA) is 25.8 Å². The quantitative estimate of drug-likeness (QED) is 0.130. The van der Waals surface area contributed by atoms with E-state index in [2.05, 4.69) is 206 Å². The van der Waals surface area contributed by atoms with Crippen LogP contribution in [0.5, 0.6) is 0 Å². The highest BCUT2D eigenvalue weighted by atomic mass is 14.9. The third kappa shape index (κ3) is 5.12. The molecule has 1 aromatic heterocycles. The molecule has 12 rings (SSSR count). The number of fused-ring (bicyclic) bond motifs is 7. The second kappa shape index (κ2) is 12.9. The smallest absolute Gasteiger partial charge is 0.160 e. The normalized spacial score (nSPS) is 11.8. The summed E-state index contributed by atoms with van der Waals surface area (Å²) in [7, 11) is 0. The summed E-state index contributed by atoms with van der Waals surface area (Å²) in [5.74, 6) is 0.696. The first-order chi connectivity index (χ1) is 28.7. The highest BCUT2D eigenvalue weighted by molar-refractivity contribution is 6.20. The molecule has 11 aromatic rings. The van der Waals surface area contributed by atoms with Crippen LogP contribution in [0.3, 0.4) is 0 Å². The zero-order valence-corrected chi connectivity index (χ0v) is 31.5. The van der Waals surface area contributed by atoms with Gasteiger partial charge in [-0.25, -0.2) is 9.97 Å². The molecule has 0 atom stereocenters. The Hall–Kier alpha value is -7.68. The zero-order chi connectivity index (χ0) is 38.2. The zero-order valence-electron chi connectivity index (χ0n) is 31.5. The molecule has 0 saturated carbocycles. The van der Waals surface area contributed by atoms with Gasteiger partial charge in [-0.1, -0.05) is 188 Å². The molecule has 0 unspecified atom stereocenters. The first kappa shape index (κ1) is 32.6. The van der Waals surface area contributed by atoms with Gasteiger partial charge in [0.1, 0.15) is 0 Å². The van der Waals surface area contributed by atoms with Gasteiger partial charge in [-0.3, -0.25) is 0 Å². The Kier molecular flexibility index (Phi) is 7.26. The average Bonchev–Trinajstić information content (AvgIpc) is 3.62. The first-order valence-corrected chi connectivity index (χ1v) is 19.9. The Morgan fingerprint density at radius 1 is 0.259 bits per heavy atom. The van der Waals surface area contributed by atoms with E-state index in [0.29, 0.717) is 5.82 Å². The molecule has 1 heterocycles. The number of nitrogens with zero attached hydrogens (tertiary/aromatic N) is 2. The number of rotatable bonds is 5. The molecular weight excluding hydrogens is 701 g/mol. The van der Waals surface area contributed by atoms with E-state index < -0.39 is 0 Å². The number of hydrogen-bond donors (Lipinski definition) is 0. The van der Waals surface area contributed by atoms with E-state index in [4.69, 9.17) is 9.97 Å². The molecule has 1 aliphatic rings. The van der Waals surface area contributed by atoms with Crippen LogP contribution >= 0.6 is 0 Å². The summed E-state index contributed by atoms with van der Waals surface area (Å²) < 4.78 is 0. The Morgan fingerprint density at radius 2 is 0.879 bits per heavy atom. The van der Waals surface area contributed by atoms with E-state index in [-0.39, 0.29) is 0 Å². The third-order valence-corrected chi connectivity index (χ3v) is 12.0. The fourth-order valence-corrected chi connectivity index (χ4v) is 9.31. The highest BCUT2D eigenvalue weighted by Crippen LogP contribution is 2.48. The van der Waals surface area contributed by atoms with Gasteiger partial charge in [0.15, 0.2) is 5.82 Å². The molecule has 1 aliphatic carbocycles. The number of hydrogen-bond acceptors (Lipinski definition) is 2. The maximum Gasteiger partial charge on any atom is 0.160 e. The minimum atomic E-state index is 0.696. The third-order valence-electron chi connectivity index (χ3n) is 12.0. The molecule has 0 N–H and O–H groups in total. The summed E-state index contributed by atoms with van der Waals surface area (Å²) in [6, 6.07) is 74.5. The summed E-state index contributed by atoms with van der Waals surface area (Å²) in [5, 5.41) is 10.1. The van der Waals surface area contributed by atoms with Crippen LogP contribution in [0, 0.1) is 0 Å². The lowest BCUT2D eigenvalue weighted by Gasteiger charge is -2.15. The van der Waals surface area contributed by atoms with Gasteiger partial charge in [0.2, 0.25) is 0 Å². The van der Waals surface area contributed by atoms with E-state index in [1.165, 1.54) is 76.5 Å². The van der Waals surface area contributed by atoms with Crippen molar-refractivity contribution in [3.8, 4) is 78.4 Å². The van der Waals surface area contributed by atoms with Gasteiger partial charge in [-0.05, 0) is 106 Å². The van der Waals surface area contributed by atoms with Crippen LogP contribution in [-0.2, 0) is 0 Å². The standard InChI is InChI=1S/C56H34N2/c1-2-12-35(13-3-1)42-18-8-9-21-46(42)53-34-52(41-29-30-45-47-22-10-16-37-17-11-23-48(55(37)47)51(45)33-41)57-56(58-53)39-26-24-38(25-27-39)54-44-20-7-5-15-40(44)32-50-43-19-6-4-14-36(43)28-31-49(50)54/h1-34H. The fourth-order valence-electron chi connectivity index (χ4n) is 9.31. The van der Waals surface area contributed by atoms with Crippen molar-refractivity contribution in [2.24, 2.45) is 0 Å². The number of aromatic nitrogens is 2. The van der Waals surface area contributed by atoms with Crippen molar-refractivity contribution >= 4 is 43.1 Å². The van der Waals surface area contributed by atoms with E-state index in [9.17, 15) is 0 Å². The highest BCUT2D eigenvalue weighted by Gasteiger charge is 2.23. The van der Waals surface area contributed by atoms with Crippen molar-refractivity contribution in [1.29, 1.82) is 0 Å². The monoisotopic (exact) mass is 734 g/mol. The molecule has 0 spiro atoms. The van der Waals surface area contributed by atoms with Crippen LogP contribution in [-0.4, -0.2) is 9.97 Å². The Labute approximate surface area is 336 Å². The summed E-state index contributed by atoms with van der Waals surface area (Å²) in [6.07, 6.45) is 0. The molecular formula is C56H34N2. The van der Waals surface area contributed by atoms with Gasteiger partial charge in [-0.15, -0.1) is 0 Å². The number of benzene rings is 10. The molecule has 0 radical (unpaired) electrons. The molecule has 268 valence electrons. The predicted octanol–water partition coefficient (Wildman–Crippen LogP) is 15.1. The maximum atomic E-state index is 5.35. The first-order valence-electron chi connectivity index (χ1n) is 19.9. The second-order valence-electron chi connectivity index (χ2n) is 15.3. The van der Waals surface area contributed by atoms with E-state index >= 15 is 0 Å². The van der Waals surface area contributed by atoms with Crippen molar-refractivity contribution < 1.29 is 0 Å². The van der Waals surface area contributed by atoms with Gasteiger partial charge in [-0.2, -0.15) is 0 Å². The minimum Gasteiger partial charge on any atom is -0.228 e. The van der Waals surface area contributed by atoms with Crippen LogP contribution < -0.4 is 0 Å². The van der Waals surface area contributed by atoms with E-state index in [1.54, 1.807) is 0 Å². The molecule has 0 fully saturated rings. The van der Waals surface area contributed by atoms with Crippen LogP contribution in [0.4, 0.5) is 0 Å². The van der Waals surface area contributed by atoms with Gasteiger partial charge in [0.25, 0.3) is 0 Å². The molecule has 0 bridgehead atoms. The van der Waals surface area contributed by atoms with Crippen molar-refractivity contribution in [2.75, 3.05) is 0 Å². The van der Waals surface area contributed by atoms with Crippen molar-refractivity contribution in [1.82, 2.24) is 9.97 Å². The van der Waals surface area contributed by atoms with Crippen LogP contribution in [0.15, 0.2) is 206 Å². The van der Waals surface area contributed by atoms with Gasteiger partial charge < -0.3 is 0 Å². The summed E-state index contributed by atoms with van der Waals surface area (Å²) in [5.41, 5.74) is 14.7. The Bertz CT molecular complexity index is 3430. The van der Waals surface area contributed by atoms with Gasteiger partial charge >= 0.3 is 0 Å². The van der Waals surface area contributed by atoms with E-state index in [0.717, 1.165) is 39.2 Å². The largest absolute Gasteiger partial charge is 0.228 e. The maximum absolute atomic E-state index is 5.35. The minimum absolute atomic E-state index is 0.696. The molecule has 0 aliphatic heterocycles. The molecule has 2 heteroatoms. The summed E-state index contributed by atoms with van der Waals surface area (Å²) in [6.45, 7) is 0. The Balaban J connectivity index is 1.04. The van der Waals surface area contributed by atoms with E-state index in [1.807, 2.05) is 0 Å². The molecule has 2 nitrogen and oxygen atoms in total. The van der Waals surface area contributed by atoms with Crippen LogP contribution in [0.1, 0.15) is 0 Å². The van der Waals surface area contributed by atoms with Crippen molar-refractivity contribution in [3.63, 3.8) is 0 Å². The molecule has 0 saturated heterocycles. The van der Waals surface area contributed by atoms with Gasteiger partial charge in [0, 0.05) is 16.7 Å². The average molecular weight is 735 g/mol. The van der Waals surface area contributed by atoms with Crippen LogP contribution in [0.25, 0.3) is 122 Å². The summed E-state index contributed by atoms with van der Waals surface area (Å²) >= 11 is 0. The molecule has 10 aromatic carbocycles. The van der Waals surface area contributed by atoms with Gasteiger partial charge in [0.05, 0.1) is 11.4 Å².